The minimum atomic E-state index is -0.714. The van der Waals surface area contributed by atoms with E-state index in [9.17, 15) is 0 Å². The van der Waals surface area contributed by atoms with Crippen LogP contribution in [0.3, 0.4) is 0 Å². The van der Waals surface area contributed by atoms with Gasteiger partial charge in [0.05, 0.1) is 12.1 Å². The second kappa shape index (κ2) is 2.71. The fourth-order valence-corrected chi connectivity index (χ4v) is 0.325. The molecular formula is C6H11NO. The smallest absolute Gasteiger partial charge is 0.0980 e. The van der Waals surface area contributed by atoms with Gasteiger partial charge in [-0.2, -0.15) is 0 Å². The van der Waals surface area contributed by atoms with Crippen LogP contribution >= 0.6 is 0 Å². The second-order valence-electron chi connectivity index (χ2n) is 1.95. The van der Waals surface area contributed by atoms with Crippen LogP contribution in [0.25, 0.3) is 0 Å². The molecule has 2 nitrogen and oxygen atoms in total. The first kappa shape index (κ1) is 7.48. The van der Waals surface area contributed by atoms with Gasteiger partial charge in [-0.15, -0.1) is 5.92 Å². The lowest BCUT2D eigenvalue weighted by molar-refractivity contribution is 0.243. The van der Waals surface area contributed by atoms with Gasteiger partial charge in [-0.25, -0.2) is 0 Å². The van der Waals surface area contributed by atoms with E-state index >= 15 is 0 Å². The summed E-state index contributed by atoms with van der Waals surface area (Å²) in [7, 11) is 0. The van der Waals surface area contributed by atoms with Crippen LogP contribution in [0.2, 0.25) is 0 Å². The van der Waals surface area contributed by atoms with Crippen molar-refractivity contribution in [1.29, 1.82) is 0 Å². The lowest BCUT2D eigenvalue weighted by Crippen LogP contribution is -2.38. The van der Waals surface area contributed by atoms with Crippen LogP contribution in [0, 0.1) is 11.8 Å². The van der Waals surface area contributed by atoms with E-state index in [4.69, 9.17) is 10.8 Å². The Balaban J connectivity index is 3.85. The predicted octanol–water partition coefficient (Wildman–Crippen LogP) is -0.281. The fraction of sp³-hybridized carbons (Fsp3) is 0.667. The van der Waals surface area contributed by atoms with Crippen molar-refractivity contribution in [2.24, 2.45) is 5.73 Å². The molecule has 8 heavy (non-hydrogen) atoms. The Morgan fingerprint density at radius 2 is 2.25 bits per heavy atom. The van der Waals surface area contributed by atoms with Gasteiger partial charge in [-0.1, -0.05) is 5.92 Å². The Morgan fingerprint density at radius 3 is 2.38 bits per heavy atom. The zero-order valence-electron chi connectivity index (χ0n) is 5.23. The third kappa shape index (κ3) is 2.62. The summed E-state index contributed by atoms with van der Waals surface area (Å²) in [5, 5.41) is 8.50. The fourth-order valence-electron chi connectivity index (χ4n) is 0.325. The van der Waals surface area contributed by atoms with Crippen molar-refractivity contribution in [3.63, 3.8) is 0 Å². The highest BCUT2D eigenvalue weighted by molar-refractivity contribution is 5.12. The highest BCUT2D eigenvalue weighted by Gasteiger charge is 2.10. The van der Waals surface area contributed by atoms with E-state index in [0.717, 1.165) is 0 Å². The van der Waals surface area contributed by atoms with Gasteiger partial charge >= 0.3 is 0 Å². The summed E-state index contributed by atoms with van der Waals surface area (Å²) >= 11 is 0. The van der Waals surface area contributed by atoms with E-state index in [-0.39, 0.29) is 6.61 Å². The van der Waals surface area contributed by atoms with Crippen LogP contribution in [-0.2, 0) is 0 Å². The number of nitrogens with two attached hydrogens (primary N) is 1. The molecule has 0 aliphatic rings. The maximum Gasteiger partial charge on any atom is 0.0980 e. The van der Waals surface area contributed by atoms with Gasteiger partial charge in [0.25, 0.3) is 0 Å². The molecule has 0 aliphatic heterocycles. The Morgan fingerprint density at radius 1 is 1.75 bits per heavy atom. The molecule has 0 aliphatic carbocycles. The third-order valence-electron chi connectivity index (χ3n) is 0.739. The molecule has 0 aromatic rings. The highest BCUT2D eigenvalue weighted by Crippen LogP contribution is 1.91. The quantitative estimate of drug-likeness (QED) is 0.459. The topological polar surface area (TPSA) is 46.2 Å². The summed E-state index contributed by atoms with van der Waals surface area (Å²) in [6, 6.07) is 0. The molecule has 0 saturated carbocycles. The van der Waals surface area contributed by atoms with Gasteiger partial charge in [0, 0.05) is 0 Å². The molecule has 1 atom stereocenters. The van der Waals surface area contributed by atoms with E-state index in [1.54, 1.807) is 13.8 Å². The average molecular weight is 113 g/mol. The maximum absolute atomic E-state index is 8.50. The van der Waals surface area contributed by atoms with Crippen molar-refractivity contribution in [2.45, 2.75) is 19.4 Å². The Bertz CT molecular complexity index is 118. The Labute approximate surface area is 49.7 Å². The van der Waals surface area contributed by atoms with Crippen LogP contribution in [0.15, 0.2) is 0 Å². The summed E-state index contributed by atoms with van der Waals surface area (Å²) in [5.74, 6) is 5.27. The number of aliphatic hydroxyl groups is 1. The van der Waals surface area contributed by atoms with Gasteiger partial charge in [0.1, 0.15) is 0 Å². The van der Waals surface area contributed by atoms with Crippen molar-refractivity contribution in [3.8, 4) is 11.8 Å². The molecule has 0 radical (unpaired) electrons. The second-order valence-corrected chi connectivity index (χ2v) is 1.95. The third-order valence-corrected chi connectivity index (χ3v) is 0.739. The van der Waals surface area contributed by atoms with Gasteiger partial charge in [0.2, 0.25) is 0 Å². The molecule has 0 amide bonds. The highest BCUT2D eigenvalue weighted by atomic mass is 16.3. The number of hydrogen-bond donors (Lipinski definition) is 2. The molecule has 2 heteroatoms. The molecule has 0 bridgehead atoms. The molecule has 0 aromatic heterocycles. The zero-order valence-corrected chi connectivity index (χ0v) is 5.23. The summed E-state index contributed by atoms with van der Waals surface area (Å²) < 4.78 is 0. The zero-order chi connectivity index (χ0) is 6.62. The van der Waals surface area contributed by atoms with E-state index in [2.05, 4.69) is 11.8 Å². The van der Waals surface area contributed by atoms with Gasteiger partial charge in [-0.05, 0) is 13.8 Å². The van der Waals surface area contributed by atoms with Crippen LogP contribution < -0.4 is 5.73 Å². The molecule has 0 rings (SSSR count). The van der Waals surface area contributed by atoms with Crippen LogP contribution in [0.5, 0.6) is 0 Å². The van der Waals surface area contributed by atoms with E-state index < -0.39 is 5.54 Å². The maximum atomic E-state index is 8.50. The minimum Gasteiger partial charge on any atom is -0.393 e. The van der Waals surface area contributed by atoms with Gasteiger partial charge < -0.3 is 10.8 Å². The van der Waals surface area contributed by atoms with Crippen molar-refractivity contribution in [3.05, 3.63) is 0 Å². The lowest BCUT2D eigenvalue weighted by atomic mass is 10.1. The first-order valence-electron chi connectivity index (χ1n) is 2.46. The monoisotopic (exact) mass is 113 g/mol. The van der Waals surface area contributed by atoms with Crippen molar-refractivity contribution >= 4 is 0 Å². The molecule has 3 N–H and O–H groups in total. The molecule has 1 unspecified atom stereocenters. The lowest BCUT2D eigenvalue weighted by Gasteiger charge is -2.11. The normalized spacial score (nSPS) is 16.0. The van der Waals surface area contributed by atoms with Crippen LogP contribution in [-0.4, -0.2) is 17.3 Å². The first-order chi connectivity index (χ1) is 3.62. The van der Waals surface area contributed by atoms with Gasteiger partial charge in [0.15, 0.2) is 0 Å². The summed E-state index contributed by atoms with van der Waals surface area (Å²) in [6.45, 7) is 3.29. The number of hydrogen-bond acceptors (Lipinski definition) is 2. The molecular weight excluding hydrogens is 102 g/mol. The molecule has 0 fully saturated rings. The van der Waals surface area contributed by atoms with Crippen LogP contribution in [0.1, 0.15) is 13.8 Å². The minimum absolute atomic E-state index is 0.0894. The molecule has 0 heterocycles. The SMILES string of the molecule is CC#CC(C)(N)CO. The molecule has 0 aromatic carbocycles. The van der Waals surface area contributed by atoms with E-state index in [0.29, 0.717) is 0 Å². The van der Waals surface area contributed by atoms with Gasteiger partial charge in [-0.3, -0.25) is 0 Å². The molecule has 0 spiro atoms. The first-order valence-corrected chi connectivity index (χ1v) is 2.46. The summed E-state index contributed by atoms with van der Waals surface area (Å²) in [6.07, 6.45) is 0. The van der Waals surface area contributed by atoms with Crippen molar-refractivity contribution < 1.29 is 5.11 Å². The Kier molecular flexibility index (Phi) is 2.53. The predicted molar refractivity (Wildman–Crippen MR) is 33.1 cm³/mol. The molecule has 0 saturated heterocycles. The van der Waals surface area contributed by atoms with Crippen LogP contribution in [0.4, 0.5) is 0 Å². The van der Waals surface area contributed by atoms with E-state index in [1.165, 1.54) is 0 Å². The average Bonchev–Trinajstić information content (AvgIpc) is 1.67. The number of aliphatic hydroxyl groups excluding tert-OH is 1. The van der Waals surface area contributed by atoms with E-state index in [1.807, 2.05) is 0 Å². The van der Waals surface area contributed by atoms with Crippen molar-refractivity contribution in [1.82, 2.24) is 0 Å². The molecule has 46 valence electrons. The summed E-state index contributed by atoms with van der Waals surface area (Å²) in [4.78, 5) is 0. The Hall–Kier alpha value is -0.520. The summed E-state index contributed by atoms with van der Waals surface area (Å²) in [5.41, 5.74) is 4.69. The number of rotatable bonds is 1. The van der Waals surface area contributed by atoms with Crippen molar-refractivity contribution in [2.75, 3.05) is 6.61 Å². The largest absolute Gasteiger partial charge is 0.393 e. The standard InChI is InChI=1S/C6H11NO/c1-3-4-6(2,7)5-8/h8H,5,7H2,1-2H3.